The molecular formula is C54H74N6O4S. The Morgan fingerprint density at radius 3 is 2.28 bits per heavy atom. The summed E-state index contributed by atoms with van der Waals surface area (Å²) in [4.78, 5) is 45.0. The number of carbonyl (C=O) groups is 3. The van der Waals surface area contributed by atoms with Crippen molar-refractivity contribution < 1.29 is 19.1 Å². The van der Waals surface area contributed by atoms with E-state index in [0.29, 0.717) is 18.5 Å². The highest BCUT2D eigenvalue weighted by molar-refractivity contribution is 7.09. The van der Waals surface area contributed by atoms with Crippen molar-refractivity contribution in [1.82, 2.24) is 30.8 Å². The van der Waals surface area contributed by atoms with Gasteiger partial charge in [-0.25, -0.2) is 0 Å². The number of aromatic amines is 2. The molecule has 3 aromatic heterocycles. The molecule has 2 amide bonds. The van der Waals surface area contributed by atoms with Gasteiger partial charge in [-0.15, -0.1) is 24.5 Å². The molecule has 0 radical (unpaired) electrons. The Morgan fingerprint density at radius 2 is 1.68 bits per heavy atom. The number of hydrogen-bond donors (Lipinski definition) is 5. The molecule has 5 aromatic rings. The lowest BCUT2D eigenvalue weighted by atomic mass is 9.96. The molecule has 0 fully saturated rings. The number of aromatic nitrogens is 2. The molecular weight excluding hydrogens is 829 g/mol. The molecule has 1 aliphatic carbocycles. The van der Waals surface area contributed by atoms with E-state index < -0.39 is 0 Å². The Kier molecular flexibility index (Phi) is 26.3. The Morgan fingerprint density at radius 1 is 0.969 bits per heavy atom. The topological polar surface area (TPSA) is 131 Å². The summed E-state index contributed by atoms with van der Waals surface area (Å²) in [6.07, 6.45) is 20.3. The van der Waals surface area contributed by atoms with Crippen LogP contribution in [0.5, 0.6) is 0 Å². The first kappa shape index (κ1) is 55.1. The number of likely N-dealkylation sites (N-methyl/N-ethyl adjacent to an activating group) is 1. The number of carbonyl (C=O) groups excluding carboxylic acids is 3. The van der Waals surface area contributed by atoms with Crippen LogP contribution in [-0.4, -0.2) is 72.8 Å². The summed E-state index contributed by atoms with van der Waals surface area (Å²) in [7, 11) is 3.76. The van der Waals surface area contributed by atoms with Crippen molar-refractivity contribution in [3.8, 4) is 0 Å². The third kappa shape index (κ3) is 19.7. The minimum Gasteiger partial charge on any atom is -0.490 e. The first-order valence-electron chi connectivity index (χ1n) is 22.5. The Balaban J connectivity index is 0.000000358. The van der Waals surface area contributed by atoms with E-state index in [0.717, 1.165) is 65.0 Å². The van der Waals surface area contributed by atoms with Crippen LogP contribution in [0, 0.1) is 5.41 Å². The summed E-state index contributed by atoms with van der Waals surface area (Å²) in [6, 6.07) is 21.8. The zero-order valence-corrected chi connectivity index (χ0v) is 41.0. The van der Waals surface area contributed by atoms with Gasteiger partial charge in [0.05, 0.1) is 25.6 Å². The molecule has 2 aromatic carbocycles. The van der Waals surface area contributed by atoms with Crippen molar-refractivity contribution in [3.63, 3.8) is 0 Å². The molecule has 0 saturated heterocycles. The van der Waals surface area contributed by atoms with Gasteiger partial charge in [-0.1, -0.05) is 101 Å². The van der Waals surface area contributed by atoms with E-state index in [-0.39, 0.29) is 35.8 Å². The van der Waals surface area contributed by atoms with Crippen LogP contribution in [-0.2, 0) is 25.7 Å². The lowest BCUT2D eigenvalue weighted by molar-refractivity contribution is -0.129. The predicted molar refractivity (Wildman–Crippen MR) is 276 cm³/mol. The monoisotopic (exact) mass is 903 g/mol. The number of hydrogen-bond acceptors (Lipinski definition) is 7. The first-order valence-corrected chi connectivity index (χ1v) is 23.3. The normalized spacial score (nSPS) is 14.4. The van der Waals surface area contributed by atoms with E-state index in [2.05, 4.69) is 83.3 Å². The molecule has 0 saturated carbocycles. The van der Waals surface area contributed by atoms with E-state index >= 15 is 0 Å². The second-order valence-corrected chi connectivity index (χ2v) is 16.7. The standard InChI is InChI=1S/C26H29N3O2S.C11H20N2O.C8H7N.C4H6O.C3H6.C2H6/c1-17-13-26(2,3)14-20(17)25(31)29(4)23(12-24(30)28-15-18-8-7-11-32-18)21-16-27-22-10-6-5-9-19(21)22;1-10-5-3-6-11(14-10)9-13-8-4-7-12-2;1-2-4-8-7(3-1)5-6-9-8;1-2-3-4-5;1-3-2;1-2/h5-11,13-14,16,23,27H,12,15H2,1-4H3,(H,28,30);3,5-6,10,12-13H,4,7-9H2,1-2H3;1-6,9H;2,4H,1,3H2;3H,1H2,2H3;1-2H3. The molecule has 0 spiro atoms. The maximum absolute atomic E-state index is 13.5. The zero-order valence-electron chi connectivity index (χ0n) is 40.2. The molecule has 1 aliphatic heterocycles. The highest BCUT2D eigenvalue weighted by Gasteiger charge is 2.32. The molecule has 11 heteroatoms. The highest BCUT2D eigenvalue weighted by Crippen LogP contribution is 2.37. The summed E-state index contributed by atoms with van der Waals surface area (Å²) in [5, 5.41) is 13.8. The smallest absolute Gasteiger partial charge is 0.254 e. The Hall–Kier alpha value is -6.01. The molecule has 350 valence electrons. The van der Waals surface area contributed by atoms with Crippen LogP contribution in [0.25, 0.3) is 21.8 Å². The van der Waals surface area contributed by atoms with Crippen LogP contribution in [0.1, 0.15) is 84.2 Å². The largest absolute Gasteiger partial charge is 0.490 e. The van der Waals surface area contributed by atoms with Gasteiger partial charge in [-0.05, 0) is 100 Å². The van der Waals surface area contributed by atoms with Crippen molar-refractivity contribution >= 4 is 51.2 Å². The maximum Gasteiger partial charge on any atom is 0.254 e. The lowest BCUT2D eigenvalue weighted by Gasteiger charge is -2.29. The van der Waals surface area contributed by atoms with Gasteiger partial charge in [0.15, 0.2) is 0 Å². The number of amides is 2. The molecule has 2 aliphatic rings. The summed E-state index contributed by atoms with van der Waals surface area (Å²) < 4.78 is 5.59. The van der Waals surface area contributed by atoms with Crippen LogP contribution in [0.4, 0.5) is 0 Å². The van der Waals surface area contributed by atoms with Crippen molar-refractivity contribution in [2.45, 2.75) is 86.4 Å². The molecule has 0 bridgehead atoms. The minimum absolute atomic E-state index is 0.0642. The third-order valence-corrected chi connectivity index (χ3v) is 10.6. The minimum atomic E-state index is -0.389. The van der Waals surface area contributed by atoms with Gasteiger partial charge in [0.1, 0.15) is 18.1 Å². The number of thiophene rings is 1. The summed E-state index contributed by atoms with van der Waals surface area (Å²) >= 11 is 1.61. The number of H-pyrrole nitrogens is 2. The van der Waals surface area contributed by atoms with Crippen molar-refractivity contribution in [2.75, 3.05) is 33.7 Å². The number of fused-ring (bicyclic) bond motifs is 2. The Bertz CT molecular complexity index is 2260. The lowest BCUT2D eigenvalue weighted by Crippen LogP contribution is -2.36. The number of nitrogens with one attached hydrogen (secondary N) is 5. The average molecular weight is 903 g/mol. The number of nitrogens with zero attached hydrogens (tertiary/aromatic N) is 1. The Labute approximate surface area is 392 Å². The van der Waals surface area contributed by atoms with Gasteiger partial charge < -0.3 is 40.3 Å². The molecule has 2 atom stereocenters. The van der Waals surface area contributed by atoms with Crippen LogP contribution in [0.2, 0.25) is 0 Å². The van der Waals surface area contributed by atoms with Crippen molar-refractivity contribution in [3.05, 3.63) is 168 Å². The van der Waals surface area contributed by atoms with Crippen molar-refractivity contribution in [2.24, 2.45) is 5.41 Å². The van der Waals surface area contributed by atoms with Gasteiger partial charge in [0.2, 0.25) is 5.91 Å². The SMILES string of the molecule is C=CC.C=CCC=O.CC.CC1=CC(C)(C)C=C1C(=O)N(C)C(CC(=O)NCc1cccs1)c1c[nH]c2ccccc12.CNCCCNCC1=CC=CC(C)O1.c1ccc2[nH]ccc2c1. The fourth-order valence-electron chi connectivity index (χ4n) is 6.80. The predicted octanol–water partition coefficient (Wildman–Crippen LogP) is 11.5. The van der Waals surface area contributed by atoms with E-state index in [4.69, 9.17) is 4.74 Å². The number of allylic oxidation sites excluding steroid dienone is 6. The number of para-hydroxylation sites is 2. The van der Waals surface area contributed by atoms with E-state index in [1.54, 1.807) is 35.4 Å². The second kappa shape index (κ2) is 31.0. The molecule has 7 rings (SSSR count). The molecule has 4 heterocycles. The molecule has 65 heavy (non-hydrogen) atoms. The van der Waals surface area contributed by atoms with E-state index in [9.17, 15) is 14.4 Å². The number of ether oxygens (including phenoxy) is 1. The van der Waals surface area contributed by atoms with Crippen LogP contribution in [0.3, 0.4) is 0 Å². The second-order valence-electron chi connectivity index (χ2n) is 15.6. The third-order valence-electron chi connectivity index (χ3n) is 9.75. The van der Waals surface area contributed by atoms with Gasteiger partial charge in [-0.3, -0.25) is 9.59 Å². The average Bonchev–Trinajstić information content (AvgIpc) is 4.14. The summed E-state index contributed by atoms with van der Waals surface area (Å²) in [5.41, 5.74) is 4.68. The summed E-state index contributed by atoms with van der Waals surface area (Å²) in [5.74, 6) is 0.886. The van der Waals surface area contributed by atoms with Gasteiger partial charge in [0, 0.05) is 63.7 Å². The van der Waals surface area contributed by atoms with E-state index in [1.165, 1.54) is 10.9 Å². The van der Waals surface area contributed by atoms with Gasteiger partial charge in [0.25, 0.3) is 5.91 Å². The summed E-state index contributed by atoms with van der Waals surface area (Å²) in [6.45, 7) is 24.2. The van der Waals surface area contributed by atoms with Crippen LogP contribution >= 0.6 is 11.3 Å². The van der Waals surface area contributed by atoms with Crippen LogP contribution < -0.4 is 16.0 Å². The zero-order chi connectivity index (χ0) is 48.0. The van der Waals surface area contributed by atoms with Crippen LogP contribution in [0.15, 0.2) is 157 Å². The molecule has 10 nitrogen and oxygen atoms in total. The fourth-order valence-corrected chi connectivity index (χ4v) is 7.44. The van der Waals surface area contributed by atoms with Crippen molar-refractivity contribution in [1.29, 1.82) is 0 Å². The number of rotatable bonds is 15. The maximum atomic E-state index is 13.5. The first-order chi connectivity index (χ1) is 31.4. The molecule has 2 unspecified atom stereocenters. The fraction of sp³-hybridized carbons (Fsp3) is 0.352. The van der Waals surface area contributed by atoms with E-state index in [1.807, 2.05) is 126 Å². The number of aldehydes is 1. The van der Waals surface area contributed by atoms with Gasteiger partial charge >= 0.3 is 0 Å². The highest BCUT2D eigenvalue weighted by atomic mass is 32.1. The van der Waals surface area contributed by atoms with Gasteiger partial charge in [-0.2, -0.15) is 0 Å². The quantitative estimate of drug-likeness (QED) is 0.0404. The number of benzene rings is 2. The molecule has 5 N–H and O–H groups in total.